The summed E-state index contributed by atoms with van der Waals surface area (Å²) in [6.07, 6.45) is 3.70. The second kappa shape index (κ2) is 9.97. The van der Waals surface area contributed by atoms with Crippen LogP contribution in [0.15, 0.2) is 46.1 Å². The Morgan fingerprint density at radius 1 is 1.24 bits per heavy atom. The Bertz CT molecular complexity index is 941. The van der Waals surface area contributed by atoms with Gasteiger partial charge < -0.3 is 19.8 Å². The number of furan rings is 1. The highest BCUT2D eigenvalue weighted by molar-refractivity contribution is 7.90. The van der Waals surface area contributed by atoms with Crippen LogP contribution in [-0.2, 0) is 21.2 Å². The molecule has 29 heavy (non-hydrogen) atoms. The van der Waals surface area contributed by atoms with E-state index < -0.39 is 16.1 Å². The molecule has 0 fully saturated rings. The molecule has 1 aromatic heterocycles. The van der Waals surface area contributed by atoms with Crippen LogP contribution in [0.1, 0.15) is 37.4 Å². The van der Waals surface area contributed by atoms with Gasteiger partial charge in [0, 0.05) is 12.6 Å². The van der Waals surface area contributed by atoms with Crippen LogP contribution in [0.4, 0.5) is 4.79 Å². The quantitative estimate of drug-likeness (QED) is 0.567. The lowest BCUT2D eigenvalue weighted by molar-refractivity contribution is -0.121. The van der Waals surface area contributed by atoms with E-state index in [9.17, 15) is 18.0 Å². The fraction of sp³-hybridized carbons (Fsp3) is 0.368. The van der Waals surface area contributed by atoms with Crippen LogP contribution >= 0.6 is 0 Å². The minimum Gasteiger partial charge on any atom is -0.492 e. The number of hydrogen-bond acceptors (Lipinski definition) is 6. The lowest BCUT2D eigenvalue weighted by Crippen LogP contribution is -2.37. The van der Waals surface area contributed by atoms with Crippen LogP contribution in [0, 0.1) is 0 Å². The Hall–Kier alpha value is -3.01. The molecule has 10 heteroatoms. The zero-order chi connectivity index (χ0) is 21.4. The van der Waals surface area contributed by atoms with Crippen LogP contribution < -0.4 is 20.1 Å². The van der Waals surface area contributed by atoms with Crippen molar-refractivity contribution in [1.29, 1.82) is 0 Å². The van der Waals surface area contributed by atoms with Crippen LogP contribution in [0.25, 0.3) is 0 Å². The molecule has 0 spiro atoms. The summed E-state index contributed by atoms with van der Waals surface area (Å²) >= 11 is 0. The second-order valence-corrected chi connectivity index (χ2v) is 7.99. The van der Waals surface area contributed by atoms with Gasteiger partial charge in [-0.3, -0.25) is 4.79 Å². The minimum absolute atomic E-state index is 0.0429. The molecule has 3 amide bonds. The largest absolute Gasteiger partial charge is 0.492 e. The summed E-state index contributed by atoms with van der Waals surface area (Å²) < 4.78 is 37.6. The first-order valence-corrected chi connectivity index (χ1v) is 10.6. The first kappa shape index (κ1) is 22.3. The summed E-state index contributed by atoms with van der Waals surface area (Å²) in [5, 5.41) is 5.01. The van der Waals surface area contributed by atoms with Crippen LogP contribution in [0.5, 0.6) is 5.75 Å². The molecule has 2 rings (SSSR count). The topological polar surface area (TPSA) is 127 Å². The summed E-state index contributed by atoms with van der Waals surface area (Å²) in [6.45, 7) is 4.01. The number of ether oxygens (including phenoxy) is 1. The SMILES string of the molecule is CCCOc1ccc(CC(=O)NC(C)c2ccoc2)cc1S(=O)(=O)NC(=O)NC. The Balaban J connectivity index is 2.22. The standard InChI is InChI=1S/C19H25N3O6S/c1-4-8-28-16-6-5-14(10-17(16)29(25,26)22-19(24)20-3)11-18(23)21-13(2)15-7-9-27-12-15/h5-7,9-10,12-13H,4,8,11H2,1-3H3,(H,21,23)(H2,20,22,24). The number of amides is 3. The van der Waals surface area contributed by atoms with E-state index in [2.05, 4.69) is 10.6 Å². The lowest BCUT2D eigenvalue weighted by atomic mass is 10.1. The molecule has 0 bridgehead atoms. The maximum atomic E-state index is 12.6. The number of carbonyl (C=O) groups is 2. The molecule has 3 N–H and O–H groups in total. The van der Waals surface area contributed by atoms with Gasteiger partial charge in [0.05, 0.1) is 31.6 Å². The van der Waals surface area contributed by atoms with Crippen molar-refractivity contribution in [2.75, 3.05) is 13.7 Å². The van der Waals surface area contributed by atoms with E-state index in [0.717, 1.165) is 5.56 Å². The van der Waals surface area contributed by atoms with Gasteiger partial charge in [0.1, 0.15) is 10.6 Å². The van der Waals surface area contributed by atoms with E-state index in [-0.39, 0.29) is 29.0 Å². The Labute approximate surface area is 169 Å². The van der Waals surface area contributed by atoms with Crippen molar-refractivity contribution in [1.82, 2.24) is 15.4 Å². The predicted molar refractivity (Wildman–Crippen MR) is 106 cm³/mol. The molecule has 0 aliphatic rings. The van der Waals surface area contributed by atoms with Gasteiger partial charge in [-0.05, 0) is 37.1 Å². The van der Waals surface area contributed by atoms with Gasteiger partial charge in [-0.1, -0.05) is 13.0 Å². The van der Waals surface area contributed by atoms with E-state index in [1.165, 1.54) is 25.4 Å². The fourth-order valence-corrected chi connectivity index (χ4v) is 3.67. The van der Waals surface area contributed by atoms with Gasteiger partial charge >= 0.3 is 6.03 Å². The number of sulfonamides is 1. The van der Waals surface area contributed by atoms with Crippen molar-refractivity contribution in [3.63, 3.8) is 0 Å². The third-order valence-electron chi connectivity index (χ3n) is 4.00. The van der Waals surface area contributed by atoms with Crippen molar-refractivity contribution in [3.05, 3.63) is 47.9 Å². The van der Waals surface area contributed by atoms with Gasteiger partial charge in [-0.2, -0.15) is 0 Å². The Kier molecular flexibility index (Phi) is 7.66. The van der Waals surface area contributed by atoms with Gasteiger partial charge in [0.25, 0.3) is 10.0 Å². The van der Waals surface area contributed by atoms with E-state index in [0.29, 0.717) is 18.6 Å². The molecule has 2 aromatic rings. The fourth-order valence-electron chi connectivity index (χ4n) is 2.51. The molecular formula is C19H25N3O6S. The van der Waals surface area contributed by atoms with Crippen LogP contribution in [0.3, 0.4) is 0 Å². The molecule has 0 saturated carbocycles. The van der Waals surface area contributed by atoms with Crippen LogP contribution in [0.2, 0.25) is 0 Å². The first-order chi connectivity index (χ1) is 13.8. The van der Waals surface area contributed by atoms with Gasteiger partial charge in [-0.25, -0.2) is 17.9 Å². The number of carbonyl (C=O) groups excluding carboxylic acids is 2. The number of rotatable bonds is 9. The zero-order valence-electron chi connectivity index (χ0n) is 16.5. The highest BCUT2D eigenvalue weighted by Gasteiger charge is 2.23. The summed E-state index contributed by atoms with van der Waals surface area (Å²) in [4.78, 5) is 23.7. The molecule has 0 saturated heterocycles. The number of hydrogen-bond donors (Lipinski definition) is 3. The van der Waals surface area contributed by atoms with Crippen molar-refractivity contribution in [3.8, 4) is 5.75 Å². The summed E-state index contributed by atoms with van der Waals surface area (Å²) in [5.41, 5.74) is 1.28. The normalized spacial score (nSPS) is 12.1. The number of benzene rings is 1. The van der Waals surface area contributed by atoms with Crippen molar-refractivity contribution in [2.24, 2.45) is 0 Å². The molecule has 0 radical (unpaired) electrons. The molecule has 1 aromatic carbocycles. The monoisotopic (exact) mass is 423 g/mol. The highest BCUT2D eigenvalue weighted by atomic mass is 32.2. The highest BCUT2D eigenvalue weighted by Crippen LogP contribution is 2.26. The first-order valence-electron chi connectivity index (χ1n) is 9.08. The zero-order valence-corrected chi connectivity index (χ0v) is 17.3. The molecule has 1 unspecified atom stereocenters. The van der Waals surface area contributed by atoms with Crippen molar-refractivity contribution >= 4 is 22.0 Å². The average molecular weight is 423 g/mol. The van der Waals surface area contributed by atoms with E-state index in [1.54, 1.807) is 18.4 Å². The third-order valence-corrected chi connectivity index (χ3v) is 5.35. The molecule has 1 atom stereocenters. The van der Waals surface area contributed by atoms with E-state index >= 15 is 0 Å². The summed E-state index contributed by atoms with van der Waals surface area (Å²) in [6, 6.07) is 5.05. The maximum absolute atomic E-state index is 12.6. The van der Waals surface area contributed by atoms with Crippen molar-refractivity contribution in [2.45, 2.75) is 37.6 Å². The second-order valence-electron chi connectivity index (χ2n) is 6.34. The predicted octanol–water partition coefficient (Wildman–Crippen LogP) is 2.11. The summed E-state index contributed by atoms with van der Waals surface area (Å²) in [7, 11) is -2.87. The number of urea groups is 1. The maximum Gasteiger partial charge on any atom is 0.328 e. The summed E-state index contributed by atoms with van der Waals surface area (Å²) in [5.74, 6) is -0.178. The van der Waals surface area contributed by atoms with Crippen LogP contribution in [-0.4, -0.2) is 34.0 Å². The molecule has 0 aliphatic carbocycles. The van der Waals surface area contributed by atoms with Gasteiger partial charge in [-0.15, -0.1) is 0 Å². The molecular weight excluding hydrogens is 398 g/mol. The molecule has 1 heterocycles. The van der Waals surface area contributed by atoms with Crippen molar-refractivity contribution < 1.29 is 27.2 Å². The van der Waals surface area contributed by atoms with E-state index in [4.69, 9.17) is 9.15 Å². The smallest absolute Gasteiger partial charge is 0.328 e. The molecule has 9 nitrogen and oxygen atoms in total. The molecule has 0 aliphatic heterocycles. The Morgan fingerprint density at radius 2 is 2.00 bits per heavy atom. The number of nitrogens with one attached hydrogen (secondary N) is 3. The average Bonchev–Trinajstić information content (AvgIpc) is 3.21. The van der Waals surface area contributed by atoms with E-state index in [1.807, 2.05) is 18.6 Å². The third kappa shape index (κ3) is 6.24. The lowest BCUT2D eigenvalue weighted by Gasteiger charge is -2.15. The minimum atomic E-state index is -4.18. The van der Waals surface area contributed by atoms with Gasteiger partial charge in [0.15, 0.2) is 0 Å². The van der Waals surface area contributed by atoms with Gasteiger partial charge in [0.2, 0.25) is 5.91 Å². The molecule has 158 valence electrons. The Morgan fingerprint density at radius 3 is 2.62 bits per heavy atom.